The highest BCUT2D eigenvalue weighted by Gasteiger charge is 2.24. The lowest BCUT2D eigenvalue weighted by Crippen LogP contribution is -2.31. The van der Waals surface area contributed by atoms with Gasteiger partial charge in [-0.2, -0.15) is 16.9 Å². The van der Waals surface area contributed by atoms with Gasteiger partial charge in [0, 0.05) is 24.9 Å². The predicted molar refractivity (Wildman–Crippen MR) is 65.6 cm³/mol. The molecule has 0 bridgehead atoms. The summed E-state index contributed by atoms with van der Waals surface area (Å²) in [4.78, 5) is 4.69. The molecule has 1 atom stereocenters. The van der Waals surface area contributed by atoms with Gasteiger partial charge in [-0.1, -0.05) is 0 Å². The summed E-state index contributed by atoms with van der Waals surface area (Å²) in [6.07, 6.45) is 4.41. The van der Waals surface area contributed by atoms with Gasteiger partial charge in [-0.3, -0.25) is 0 Å². The first-order valence-electron chi connectivity index (χ1n) is 6.10. The van der Waals surface area contributed by atoms with Crippen LogP contribution in [0.2, 0.25) is 0 Å². The monoisotopic (exact) mass is 238 g/mol. The van der Waals surface area contributed by atoms with E-state index in [0.717, 1.165) is 31.0 Å². The van der Waals surface area contributed by atoms with Crippen molar-refractivity contribution in [3.8, 4) is 0 Å². The maximum absolute atomic E-state index is 5.95. The molecule has 2 aliphatic rings. The van der Waals surface area contributed by atoms with Crippen molar-refractivity contribution in [3.05, 3.63) is 11.6 Å². The van der Waals surface area contributed by atoms with Crippen molar-refractivity contribution in [2.45, 2.75) is 44.2 Å². The van der Waals surface area contributed by atoms with E-state index >= 15 is 0 Å². The number of nitrogens with two attached hydrogens (primary N) is 1. The summed E-state index contributed by atoms with van der Waals surface area (Å²) in [5.74, 6) is 5.29. The summed E-state index contributed by atoms with van der Waals surface area (Å²) in [5, 5.41) is 4.65. The van der Waals surface area contributed by atoms with Crippen molar-refractivity contribution < 1.29 is 0 Å². The van der Waals surface area contributed by atoms with E-state index in [4.69, 9.17) is 5.73 Å². The van der Waals surface area contributed by atoms with E-state index in [0.29, 0.717) is 5.92 Å². The fourth-order valence-electron chi connectivity index (χ4n) is 2.48. The normalized spacial score (nSPS) is 26.7. The molecule has 0 amide bonds. The minimum absolute atomic E-state index is 0.284. The molecule has 2 N–H and O–H groups in total. The lowest BCUT2D eigenvalue weighted by atomic mass is 10.0. The zero-order valence-corrected chi connectivity index (χ0v) is 10.2. The van der Waals surface area contributed by atoms with Gasteiger partial charge >= 0.3 is 0 Å². The van der Waals surface area contributed by atoms with Crippen molar-refractivity contribution in [2.75, 3.05) is 11.5 Å². The fourth-order valence-corrected chi connectivity index (χ4v) is 3.58. The van der Waals surface area contributed by atoms with Crippen molar-refractivity contribution in [2.24, 2.45) is 5.73 Å². The van der Waals surface area contributed by atoms with Crippen LogP contribution in [0.5, 0.6) is 0 Å². The molecule has 5 heteroatoms. The average Bonchev–Trinajstić information content (AvgIpc) is 2.73. The highest BCUT2D eigenvalue weighted by molar-refractivity contribution is 7.99. The summed E-state index contributed by atoms with van der Waals surface area (Å²) in [7, 11) is 0. The number of rotatable bonds is 1. The molecule has 1 aromatic rings. The molecule has 1 unspecified atom stereocenters. The van der Waals surface area contributed by atoms with Crippen LogP contribution in [0.1, 0.15) is 36.8 Å². The smallest absolute Gasteiger partial charge is 0.154 e. The molecule has 1 saturated heterocycles. The van der Waals surface area contributed by atoms with Crippen molar-refractivity contribution in [3.63, 3.8) is 0 Å². The summed E-state index contributed by atoms with van der Waals surface area (Å²) in [5.41, 5.74) is 5.95. The molecule has 1 fully saturated rings. The summed E-state index contributed by atoms with van der Waals surface area (Å²) >= 11 is 2.05. The highest BCUT2D eigenvalue weighted by atomic mass is 32.2. The molecule has 4 nitrogen and oxygen atoms in total. The van der Waals surface area contributed by atoms with Crippen LogP contribution in [-0.2, 0) is 13.0 Å². The first-order valence-corrected chi connectivity index (χ1v) is 7.25. The third kappa shape index (κ3) is 1.98. The number of aromatic nitrogens is 3. The third-order valence-corrected chi connectivity index (χ3v) is 4.56. The Morgan fingerprint density at radius 1 is 1.25 bits per heavy atom. The molecule has 0 spiro atoms. The fraction of sp³-hybridized carbons (Fsp3) is 0.818. The van der Waals surface area contributed by atoms with E-state index < -0.39 is 0 Å². The minimum Gasteiger partial charge on any atom is -0.327 e. The lowest BCUT2D eigenvalue weighted by Gasteiger charge is -2.18. The molecule has 0 aromatic carbocycles. The number of thioether (sulfide) groups is 1. The minimum atomic E-state index is 0.284. The van der Waals surface area contributed by atoms with E-state index in [2.05, 4.69) is 14.8 Å². The first-order chi connectivity index (χ1) is 7.83. The van der Waals surface area contributed by atoms with Gasteiger partial charge in [0.25, 0.3) is 0 Å². The molecule has 0 saturated carbocycles. The molecule has 2 aliphatic heterocycles. The Hall–Kier alpha value is -0.550. The van der Waals surface area contributed by atoms with Crippen LogP contribution in [0, 0.1) is 0 Å². The molecular weight excluding hydrogens is 220 g/mol. The van der Waals surface area contributed by atoms with Gasteiger partial charge in [0.2, 0.25) is 0 Å². The van der Waals surface area contributed by atoms with Gasteiger partial charge in [-0.05, 0) is 30.8 Å². The van der Waals surface area contributed by atoms with E-state index in [9.17, 15) is 0 Å². The van der Waals surface area contributed by atoms with Crippen LogP contribution in [0.25, 0.3) is 0 Å². The van der Waals surface area contributed by atoms with Crippen molar-refractivity contribution in [1.29, 1.82) is 0 Å². The van der Waals surface area contributed by atoms with Crippen LogP contribution in [-0.4, -0.2) is 32.3 Å². The number of aryl methyl sites for hydroxylation is 1. The van der Waals surface area contributed by atoms with E-state index in [1.807, 2.05) is 11.8 Å². The first kappa shape index (κ1) is 10.6. The molecule has 3 heterocycles. The quantitative estimate of drug-likeness (QED) is 0.797. The van der Waals surface area contributed by atoms with E-state index in [1.165, 1.54) is 24.3 Å². The highest BCUT2D eigenvalue weighted by Crippen LogP contribution is 2.30. The maximum atomic E-state index is 5.95. The van der Waals surface area contributed by atoms with E-state index in [1.54, 1.807) is 0 Å². The molecular formula is C11H18N4S. The van der Waals surface area contributed by atoms with Gasteiger partial charge < -0.3 is 5.73 Å². The molecule has 3 rings (SSSR count). The van der Waals surface area contributed by atoms with Gasteiger partial charge in [0.1, 0.15) is 5.82 Å². The molecule has 88 valence electrons. The maximum Gasteiger partial charge on any atom is 0.154 e. The van der Waals surface area contributed by atoms with Crippen LogP contribution in [0.15, 0.2) is 0 Å². The van der Waals surface area contributed by atoms with Gasteiger partial charge in [0.15, 0.2) is 5.82 Å². The largest absolute Gasteiger partial charge is 0.327 e. The number of fused-ring (bicyclic) bond motifs is 1. The second-order valence-corrected chi connectivity index (χ2v) is 5.97. The number of hydrogen-bond acceptors (Lipinski definition) is 4. The Morgan fingerprint density at radius 3 is 2.88 bits per heavy atom. The lowest BCUT2D eigenvalue weighted by molar-refractivity contribution is 0.430. The Morgan fingerprint density at radius 2 is 2.06 bits per heavy atom. The van der Waals surface area contributed by atoms with Gasteiger partial charge in [0.05, 0.1) is 0 Å². The van der Waals surface area contributed by atoms with Crippen LogP contribution in [0.3, 0.4) is 0 Å². The molecule has 0 aliphatic carbocycles. The number of nitrogens with zero attached hydrogens (tertiary/aromatic N) is 3. The van der Waals surface area contributed by atoms with Crippen LogP contribution >= 0.6 is 11.8 Å². The van der Waals surface area contributed by atoms with Gasteiger partial charge in [-0.15, -0.1) is 0 Å². The topological polar surface area (TPSA) is 56.7 Å². The molecule has 1 aromatic heterocycles. The summed E-state index contributed by atoms with van der Waals surface area (Å²) in [6, 6.07) is 0.284. The summed E-state index contributed by atoms with van der Waals surface area (Å²) < 4.78 is 2.07. The standard InChI is InChI=1S/C11H18N4S/c12-9-1-4-15-10(7-9)13-11(14-15)8-2-5-16-6-3-8/h8-9H,1-7,12H2. The Labute approximate surface area is 100.0 Å². The number of hydrogen-bond donors (Lipinski definition) is 1. The molecule has 0 radical (unpaired) electrons. The SMILES string of the molecule is NC1CCn2nc(C3CCSCC3)nc2C1. The zero-order valence-electron chi connectivity index (χ0n) is 9.43. The van der Waals surface area contributed by atoms with Crippen molar-refractivity contribution in [1.82, 2.24) is 14.8 Å². The Kier molecular flexibility index (Phi) is 2.90. The van der Waals surface area contributed by atoms with Crippen LogP contribution < -0.4 is 5.73 Å². The third-order valence-electron chi connectivity index (χ3n) is 3.51. The predicted octanol–water partition coefficient (Wildman–Crippen LogP) is 1.16. The Bertz CT molecular complexity index is 370. The zero-order chi connectivity index (χ0) is 11.0. The summed E-state index contributed by atoms with van der Waals surface area (Å²) in [6.45, 7) is 0.949. The average molecular weight is 238 g/mol. The van der Waals surface area contributed by atoms with Crippen LogP contribution in [0.4, 0.5) is 0 Å². The second-order valence-electron chi connectivity index (χ2n) is 4.75. The second kappa shape index (κ2) is 4.37. The Balaban J connectivity index is 1.80. The van der Waals surface area contributed by atoms with Crippen molar-refractivity contribution >= 4 is 11.8 Å². The van der Waals surface area contributed by atoms with Gasteiger partial charge in [-0.25, -0.2) is 9.67 Å². The van der Waals surface area contributed by atoms with E-state index in [-0.39, 0.29) is 6.04 Å². The molecule has 16 heavy (non-hydrogen) atoms.